The lowest BCUT2D eigenvalue weighted by Crippen LogP contribution is -2.29. The maximum Gasteiger partial charge on any atom is 0.404 e. The van der Waals surface area contributed by atoms with Crippen molar-refractivity contribution in [3.63, 3.8) is 0 Å². The Labute approximate surface area is 127 Å². The summed E-state index contributed by atoms with van der Waals surface area (Å²) in [6, 6.07) is 4.28. The molecule has 5 N–H and O–H groups in total. The van der Waals surface area contributed by atoms with E-state index in [0.29, 0.717) is 5.56 Å². The Morgan fingerprint density at radius 1 is 1.43 bits per heavy atom. The first-order chi connectivity index (χ1) is 9.86. The second-order valence-electron chi connectivity index (χ2n) is 3.72. The molecule has 0 aromatic heterocycles. The van der Waals surface area contributed by atoms with Crippen LogP contribution >= 0.6 is 11.6 Å². The van der Waals surface area contributed by atoms with Crippen molar-refractivity contribution in [3.05, 3.63) is 28.8 Å². The number of sulfonamides is 1. The Hall–Kier alpha value is -1.79. The second kappa shape index (κ2) is 7.85. The van der Waals surface area contributed by atoms with Crippen molar-refractivity contribution in [1.29, 1.82) is 0 Å². The van der Waals surface area contributed by atoms with Crippen molar-refractivity contribution in [3.8, 4) is 11.8 Å². The van der Waals surface area contributed by atoms with Crippen molar-refractivity contribution in [1.82, 2.24) is 4.72 Å². The zero-order valence-corrected chi connectivity index (χ0v) is 12.5. The van der Waals surface area contributed by atoms with Gasteiger partial charge in [0.2, 0.25) is 10.0 Å². The fourth-order valence-corrected chi connectivity index (χ4v) is 2.91. The smallest absolute Gasteiger partial charge is 0.404 e. The van der Waals surface area contributed by atoms with E-state index in [-0.39, 0.29) is 29.6 Å². The summed E-state index contributed by atoms with van der Waals surface area (Å²) in [5.74, 6) is 5.38. The molecule has 1 rings (SSSR count). The van der Waals surface area contributed by atoms with E-state index in [1.807, 2.05) is 0 Å². The van der Waals surface area contributed by atoms with E-state index in [4.69, 9.17) is 23.1 Å². The van der Waals surface area contributed by atoms with Crippen molar-refractivity contribution in [2.45, 2.75) is 4.90 Å². The van der Waals surface area contributed by atoms with Crippen LogP contribution in [0.1, 0.15) is 5.56 Å². The molecule has 21 heavy (non-hydrogen) atoms. The van der Waals surface area contributed by atoms with Gasteiger partial charge in [-0.15, -0.1) is 0 Å². The van der Waals surface area contributed by atoms with Crippen LogP contribution in [-0.2, 0) is 14.8 Å². The number of ether oxygens (including phenoxy) is 1. The number of rotatable bonds is 5. The summed E-state index contributed by atoms with van der Waals surface area (Å²) in [7, 11) is -3.81. The number of primary amides is 1. The van der Waals surface area contributed by atoms with Gasteiger partial charge in [-0.2, -0.15) is 0 Å². The van der Waals surface area contributed by atoms with E-state index in [9.17, 15) is 13.2 Å². The lowest BCUT2D eigenvalue weighted by atomic mass is 10.2. The maximum atomic E-state index is 12.0. The number of hydrogen-bond acceptors (Lipinski definition) is 5. The minimum atomic E-state index is -3.81. The highest BCUT2D eigenvalue weighted by molar-refractivity contribution is 7.89. The molecule has 0 radical (unpaired) electrons. The molecule has 0 fully saturated rings. The van der Waals surface area contributed by atoms with Gasteiger partial charge in [-0.3, -0.25) is 0 Å². The zero-order valence-electron chi connectivity index (χ0n) is 10.9. The highest BCUT2D eigenvalue weighted by Crippen LogP contribution is 2.22. The molecule has 0 aliphatic heterocycles. The molecule has 0 saturated heterocycles. The predicted octanol–water partition coefficient (Wildman–Crippen LogP) is 0.0238. The monoisotopic (exact) mass is 331 g/mol. The molecule has 114 valence electrons. The third kappa shape index (κ3) is 5.61. The van der Waals surface area contributed by atoms with Crippen LogP contribution in [0.2, 0.25) is 5.02 Å². The summed E-state index contributed by atoms with van der Waals surface area (Å²) in [5.41, 5.74) is 10.6. The van der Waals surface area contributed by atoms with E-state index >= 15 is 0 Å². The highest BCUT2D eigenvalue weighted by atomic mass is 35.5. The molecule has 7 nitrogen and oxygen atoms in total. The third-order valence-electron chi connectivity index (χ3n) is 2.19. The molecule has 0 saturated carbocycles. The minimum Gasteiger partial charge on any atom is -0.448 e. The summed E-state index contributed by atoms with van der Waals surface area (Å²) in [4.78, 5) is 10.3. The minimum absolute atomic E-state index is 0.0298. The molecular formula is C12H14ClN3O4S. The first-order valence-corrected chi connectivity index (χ1v) is 7.63. The quantitative estimate of drug-likeness (QED) is 0.518. The van der Waals surface area contributed by atoms with Crippen LogP contribution in [0.5, 0.6) is 0 Å². The molecule has 1 aromatic carbocycles. The van der Waals surface area contributed by atoms with E-state index in [2.05, 4.69) is 21.3 Å². The van der Waals surface area contributed by atoms with Gasteiger partial charge in [0, 0.05) is 12.1 Å². The fourth-order valence-electron chi connectivity index (χ4n) is 1.36. The average molecular weight is 332 g/mol. The fraction of sp³-hybridized carbons (Fsp3) is 0.250. The number of nitrogens with one attached hydrogen (secondary N) is 1. The lowest BCUT2D eigenvalue weighted by molar-refractivity contribution is 0.159. The van der Waals surface area contributed by atoms with Gasteiger partial charge in [-0.05, 0) is 18.2 Å². The zero-order chi connectivity index (χ0) is 15.9. The molecular weight excluding hydrogens is 318 g/mol. The van der Waals surface area contributed by atoms with Crippen LogP contribution in [-0.4, -0.2) is 34.2 Å². The van der Waals surface area contributed by atoms with Crippen LogP contribution in [0, 0.1) is 11.8 Å². The lowest BCUT2D eigenvalue weighted by Gasteiger charge is -2.08. The van der Waals surface area contributed by atoms with Crippen molar-refractivity contribution < 1.29 is 17.9 Å². The maximum absolute atomic E-state index is 12.0. The summed E-state index contributed by atoms with van der Waals surface area (Å²) >= 11 is 5.93. The summed E-state index contributed by atoms with van der Waals surface area (Å²) in [6.07, 6.45) is -0.977. The number of amides is 1. The van der Waals surface area contributed by atoms with Gasteiger partial charge in [0.25, 0.3) is 0 Å². The molecule has 0 unspecified atom stereocenters. The molecule has 0 spiro atoms. The third-order valence-corrected chi connectivity index (χ3v) is 4.14. The Balaban J connectivity index is 2.81. The van der Waals surface area contributed by atoms with Gasteiger partial charge in [-0.1, -0.05) is 23.4 Å². The van der Waals surface area contributed by atoms with Gasteiger partial charge in [0.15, 0.2) is 0 Å². The van der Waals surface area contributed by atoms with E-state index in [1.165, 1.54) is 18.2 Å². The highest BCUT2D eigenvalue weighted by Gasteiger charge is 2.17. The normalized spacial score (nSPS) is 10.6. The average Bonchev–Trinajstić information content (AvgIpc) is 2.41. The Morgan fingerprint density at radius 3 is 2.71 bits per heavy atom. The number of halogens is 1. The van der Waals surface area contributed by atoms with E-state index in [1.54, 1.807) is 0 Å². The van der Waals surface area contributed by atoms with Crippen LogP contribution in [0.3, 0.4) is 0 Å². The Bertz CT molecular complexity index is 679. The van der Waals surface area contributed by atoms with Crippen molar-refractivity contribution >= 4 is 27.7 Å². The van der Waals surface area contributed by atoms with Crippen LogP contribution in [0.4, 0.5) is 4.79 Å². The molecule has 0 bridgehead atoms. The number of carbonyl (C=O) groups is 1. The van der Waals surface area contributed by atoms with Gasteiger partial charge < -0.3 is 16.2 Å². The molecule has 1 amide bonds. The molecule has 0 heterocycles. The standard InChI is InChI=1S/C12H14ClN3O4S/c13-10-8-9(2-1-5-14)3-4-11(10)21(18,19)16-6-7-20-12(15)17/h3-4,8,16H,5-7,14H2,(H2,15,17). The number of benzene rings is 1. The topological polar surface area (TPSA) is 125 Å². The van der Waals surface area contributed by atoms with Gasteiger partial charge >= 0.3 is 6.09 Å². The summed E-state index contributed by atoms with van der Waals surface area (Å²) < 4.78 is 30.6. The van der Waals surface area contributed by atoms with Crippen LogP contribution < -0.4 is 16.2 Å². The SMILES string of the molecule is NCC#Cc1ccc(S(=O)(=O)NCCOC(N)=O)c(Cl)c1. The van der Waals surface area contributed by atoms with Gasteiger partial charge in [0.1, 0.15) is 11.5 Å². The Morgan fingerprint density at radius 2 is 2.14 bits per heavy atom. The second-order valence-corrected chi connectivity index (χ2v) is 5.86. The van der Waals surface area contributed by atoms with E-state index < -0.39 is 16.1 Å². The summed E-state index contributed by atoms with van der Waals surface area (Å²) in [5, 5.41) is 0.0298. The summed E-state index contributed by atoms with van der Waals surface area (Å²) in [6.45, 7) is -0.0956. The largest absolute Gasteiger partial charge is 0.448 e. The predicted molar refractivity (Wildman–Crippen MR) is 78.1 cm³/mol. The van der Waals surface area contributed by atoms with Crippen molar-refractivity contribution in [2.75, 3.05) is 19.7 Å². The first-order valence-electron chi connectivity index (χ1n) is 5.77. The number of nitrogens with two attached hydrogens (primary N) is 2. The van der Waals surface area contributed by atoms with Crippen LogP contribution in [0.25, 0.3) is 0 Å². The molecule has 0 aliphatic carbocycles. The first kappa shape index (κ1) is 17.3. The number of hydrogen-bond donors (Lipinski definition) is 3. The molecule has 9 heteroatoms. The molecule has 0 atom stereocenters. The van der Waals surface area contributed by atoms with E-state index in [0.717, 1.165) is 0 Å². The van der Waals surface area contributed by atoms with Gasteiger partial charge in [-0.25, -0.2) is 17.9 Å². The number of carbonyl (C=O) groups excluding carboxylic acids is 1. The molecule has 0 aliphatic rings. The molecule has 1 aromatic rings. The Kier molecular flexibility index (Phi) is 6.45. The van der Waals surface area contributed by atoms with Gasteiger partial charge in [0.05, 0.1) is 11.6 Å². The van der Waals surface area contributed by atoms with Crippen molar-refractivity contribution in [2.24, 2.45) is 11.5 Å². The van der Waals surface area contributed by atoms with Crippen LogP contribution in [0.15, 0.2) is 23.1 Å².